The van der Waals surface area contributed by atoms with Crippen molar-refractivity contribution in [3.8, 4) is 11.6 Å². The Labute approximate surface area is 193 Å². The highest BCUT2D eigenvalue weighted by Gasteiger charge is 2.20. The van der Waals surface area contributed by atoms with Gasteiger partial charge in [-0.05, 0) is 29.7 Å². The third kappa shape index (κ3) is 6.20. The van der Waals surface area contributed by atoms with Gasteiger partial charge in [0.05, 0.1) is 5.92 Å². The number of carbonyl (C=O) groups is 1. The highest BCUT2D eigenvalue weighted by Crippen LogP contribution is 2.25. The van der Waals surface area contributed by atoms with Crippen molar-refractivity contribution in [3.05, 3.63) is 71.8 Å². The molecule has 1 unspecified atom stereocenters. The highest BCUT2D eigenvalue weighted by molar-refractivity contribution is 5.69. The molecule has 1 aliphatic heterocycles. The minimum absolute atomic E-state index is 0.168. The summed E-state index contributed by atoms with van der Waals surface area (Å²) in [6.45, 7) is 6.20. The lowest BCUT2D eigenvalue weighted by molar-refractivity contribution is -0.141. The molecule has 8 heteroatoms. The van der Waals surface area contributed by atoms with Crippen molar-refractivity contribution in [3.63, 3.8) is 0 Å². The van der Waals surface area contributed by atoms with Crippen LogP contribution in [0.1, 0.15) is 18.1 Å². The molecule has 172 valence electrons. The van der Waals surface area contributed by atoms with E-state index in [1.807, 2.05) is 36.4 Å². The van der Waals surface area contributed by atoms with E-state index in [0.717, 1.165) is 44.1 Å². The number of carboxylic acids is 1. The van der Waals surface area contributed by atoms with Crippen molar-refractivity contribution in [2.24, 2.45) is 5.92 Å². The number of rotatable bonds is 8. The topological polar surface area (TPSA) is 105 Å². The van der Waals surface area contributed by atoms with Crippen molar-refractivity contribution >= 4 is 17.7 Å². The SMILES string of the molecule is CC(Cc1ccc(Oc2cc(N3CCN(Cc4ccccc4)CC3)nc(N)n2)cc1)C(=O)O. The first kappa shape index (κ1) is 22.5. The molecule has 0 spiro atoms. The lowest BCUT2D eigenvalue weighted by Crippen LogP contribution is -2.46. The Kier molecular flexibility index (Phi) is 7.04. The highest BCUT2D eigenvalue weighted by atomic mass is 16.5. The van der Waals surface area contributed by atoms with Gasteiger partial charge in [0.25, 0.3) is 0 Å². The number of piperazine rings is 1. The average Bonchev–Trinajstić information content (AvgIpc) is 2.81. The Hall–Kier alpha value is -3.65. The molecule has 1 aliphatic rings. The van der Waals surface area contributed by atoms with E-state index >= 15 is 0 Å². The van der Waals surface area contributed by atoms with E-state index in [1.54, 1.807) is 6.92 Å². The van der Waals surface area contributed by atoms with E-state index in [4.69, 9.17) is 15.6 Å². The van der Waals surface area contributed by atoms with Crippen molar-refractivity contribution in [2.45, 2.75) is 19.9 Å². The molecule has 4 rings (SSSR count). The number of hydrogen-bond acceptors (Lipinski definition) is 7. The zero-order chi connectivity index (χ0) is 23.2. The Balaban J connectivity index is 1.36. The summed E-state index contributed by atoms with van der Waals surface area (Å²) >= 11 is 0. The number of nitrogens with zero attached hydrogens (tertiary/aromatic N) is 4. The van der Waals surface area contributed by atoms with E-state index in [1.165, 1.54) is 5.56 Å². The molecule has 0 bridgehead atoms. The zero-order valence-corrected chi connectivity index (χ0v) is 18.7. The number of anilines is 2. The predicted octanol–water partition coefficient (Wildman–Crippen LogP) is 3.44. The standard InChI is InChI=1S/C25H29N5O3/c1-18(24(31)32)15-19-7-9-21(10-8-19)33-23-16-22(27-25(26)28-23)30-13-11-29(12-14-30)17-20-5-3-2-4-6-20/h2-10,16,18H,11-15,17H2,1H3,(H,31,32)(H2,26,27,28). The number of hydrogen-bond donors (Lipinski definition) is 2. The first-order valence-electron chi connectivity index (χ1n) is 11.1. The Morgan fingerprint density at radius 2 is 1.73 bits per heavy atom. The molecular formula is C25H29N5O3. The van der Waals surface area contributed by atoms with Crippen LogP contribution in [0.15, 0.2) is 60.7 Å². The zero-order valence-electron chi connectivity index (χ0n) is 18.7. The molecule has 1 fully saturated rings. The minimum atomic E-state index is -0.805. The lowest BCUT2D eigenvalue weighted by atomic mass is 10.0. The molecule has 1 atom stereocenters. The molecule has 0 aliphatic carbocycles. The summed E-state index contributed by atoms with van der Waals surface area (Å²) in [7, 11) is 0. The molecule has 3 N–H and O–H groups in total. The third-order valence-corrected chi connectivity index (χ3v) is 5.76. The average molecular weight is 448 g/mol. The van der Waals surface area contributed by atoms with Gasteiger partial charge >= 0.3 is 5.97 Å². The normalized spacial score (nSPS) is 15.2. The van der Waals surface area contributed by atoms with Crippen LogP contribution in [0, 0.1) is 5.92 Å². The Morgan fingerprint density at radius 1 is 1.03 bits per heavy atom. The lowest BCUT2D eigenvalue weighted by Gasteiger charge is -2.35. The molecule has 2 heterocycles. The number of ether oxygens (including phenoxy) is 1. The van der Waals surface area contributed by atoms with Crippen LogP contribution < -0.4 is 15.4 Å². The van der Waals surface area contributed by atoms with Crippen LogP contribution >= 0.6 is 0 Å². The fourth-order valence-corrected chi connectivity index (χ4v) is 3.88. The first-order valence-corrected chi connectivity index (χ1v) is 11.1. The molecule has 0 radical (unpaired) electrons. The van der Waals surface area contributed by atoms with Crippen LogP contribution in [0.2, 0.25) is 0 Å². The largest absolute Gasteiger partial charge is 0.481 e. The van der Waals surface area contributed by atoms with Crippen LogP contribution in [0.3, 0.4) is 0 Å². The van der Waals surface area contributed by atoms with E-state index in [9.17, 15) is 4.79 Å². The molecule has 1 aromatic heterocycles. The quantitative estimate of drug-likeness (QED) is 0.541. The van der Waals surface area contributed by atoms with E-state index in [2.05, 4.69) is 44.0 Å². The van der Waals surface area contributed by atoms with Crippen molar-refractivity contribution < 1.29 is 14.6 Å². The molecule has 1 saturated heterocycles. The fraction of sp³-hybridized carbons (Fsp3) is 0.320. The van der Waals surface area contributed by atoms with Gasteiger partial charge in [-0.15, -0.1) is 0 Å². The summed E-state index contributed by atoms with van der Waals surface area (Å²) in [5.41, 5.74) is 8.22. The molecule has 33 heavy (non-hydrogen) atoms. The third-order valence-electron chi connectivity index (χ3n) is 5.76. The summed E-state index contributed by atoms with van der Waals surface area (Å²) in [6.07, 6.45) is 0.469. The minimum Gasteiger partial charge on any atom is -0.481 e. The summed E-state index contributed by atoms with van der Waals surface area (Å²) < 4.78 is 5.91. The predicted molar refractivity (Wildman–Crippen MR) is 127 cm³/mol. The van der Waals surface area contributed by atoms with Crippen LogP contribution in [0.5, 0.6) is 11.6 Å². The summed E-state index contributed by atoms with van der Waals surface area (Å²) in [4.78, 5) is 24.3. The van der Waals surface area contributed by atoms with Gasteiger partial charge in [0.2, 0.25) is 11.8 Å². The molecule has 2 aromatic carbocycles. The Morgan fingerprint density at radius 3 is 2.39 bits per heavy atom. The van der Waals surface area contributed by atoms with Gasteiger partial charge in [0.1, 0.15) is 11.6 Å². The number of carboxylic acid groups (broad SMARTS) is 1. The summed E-state index contributed by atoms with van der Waals surface area (Å²) in [5, 5.41) is 9.08. The summed E-state index contributed by atoms with van der Waals surface area (Å²) in [6, 6.07) is 19.6. The maximum Gasteiger partial charge on any atom is 0.306 e. The molecule has 3 aromatic rings. The van der Waals surface area contributed by atoms with Gasteiger partial charge in [0, 0.05) is 38.8 Å². The molecule has 8 nitrogen and oxygen atoms in total. The Bertz CT molecular complexity index is 1070. The maximum absolute atomic E-state index is 11.0. The van der Waals surface area contributed by atoms with Gasteiger partial charge in [-0.1, -0.05) is 49.4 Å². The van der Waals surface area contributed by atoms with Crippen LogP contribution in [0.4, 0.5) is 11.8 Å². The fourth-order valence-electron chi connectivity index (χ4n) is 3.88. The second-order valence-corrected chi connectivity index (χ2v) is 8.36. The van der Waals surface area contributed by atoms with Crippen LogP contribution in [-0.4, -0.2) is 52.1 Å². The van der Waals surface area contributed by atoms with Crippen molar-refractivity contribution in [1.29, 1.82) is 0 Å². The second-order valence-electron chi connectivity index (χ2n) is 8.36. The molecule has 0 amide bonds. The van der Waals surface area contributed by atoms with Crippen LogP contribution in [-0.2, 0) is 17.8 Å². The first-order chi connectivity index (χ1) is 16.0. The van der Waals surface area contributed by atoms with Crippen molar-refractivity contribution in [1.82, 2.24) is 14.9 Å². The number of nitrogen functional groups attached to an aromatic ring is 1. The number of aromatic nitrogens is 2. The van der Waals surface area contributed by atoms with E-state index in [0.29, 0.717) is 18.1 Å². The molecular weight excluding hydrogens is 418 g/mol. The van der Waals surface area contributed by atoms with Gasteiger partial charge < -0.3 is 20.5 Å². The van der Waals surface area contributed by atoms with E-state index in [-0.39, 0.29) is 5.95 Å². The maximum atomic E-state index is 11.0. The number of nitrogens with two attached hydrogens (primary N) is 1. The van der Waals surface area contributed by atoms with E-state index < -0.39 is 11.9 Å². The van der Waals surface area contributed by atoms with Gasteiger partial charge in [-0.3, -0.25) is 9.69 Å². The number of aliphatic carboxylic acids is 1. The van der Waals surface area contributed by atoms with Gasteiger partial charge in [-0.25, -0.2) is 0 Å². The summed E-state index contributed by atoms with van der Waals surface area (Å²) in [5.74, 6) is 0.675. The molecule has 0 saturated carbocycles. The smallest absolute Gasteiger partial charge is 0.306 e. The number of benzene rings is 2. The van der Waals surface area contributed by atoms with Crippen molar-refractivity contribution in [2.75, 3.05) is 36.8 Å². The second kappa shape index (κ2) is 10.3. The van der Waals surface area contributed by atoms with Crippen LogP contribution in [0.25, 0.3) is 0 Å². The van der Waals surface area contributed by atoms with Gasteiger partial charge in [-0.2, -0.15) is 9.97 Å². The van der Waals surface area contributed by atoms with Gasteiger partial charge in [0.15, 0.2) is 0 Å². The monoisotopic (exact) mass is 447 g/mol.